The number of H-pyrrole nitrogens is 1. The van der Waals surface area contributed by atoms with E-state index in [0.717, 1.165) is 0 Å². The molecule has 1 atom stereocenters. The highest BCUT2D eigenvalue weighted by Gasteiger charge is 2.47. The predicted octanol–water partition coefficient (Wildman–Crippen LogP) is 7.08. The van der Waals surface area contributed by atoms with Gasteiger partial charge >= 0.3 is 0 Å². The number of hydrogen-bond acceptors (Lipinski definition) is 1. The number of nitrogens with zero attached hydrogens (tertiary/aromatic N) is 1. The van der Waals surface area contributed by atoms with Crippen molar-refractivity contribution in [1.29, 1.82) is 0 Å². The number of para-hydroxylation sites is 1. The van der Waals surface area contributed by atoms with E-state index in [9.17, 15) is 0 Å². The first-order valence-corrected chi connectivity index (χ1v) is 11.0. The van der Waals surface area contributed by atoms with Gasteiger partial charge < -0.3 is 4.98 Å². The molecule has 4 aromatic carbocycles. The summed E-state index contributed by atoms with van der Waals surface area (Å²) in [6.45, 7) is 0. The largest absolute Gasteiger partial charge is 0.354 e. The molecule has 0 saturated carbocycles. The van der Waals surface area contributed by atoms with Crippen LogP contribution < -0.4 is 0 Å². The highest BCUT2D eigenvalue weighted by molar-refractivity contribution is 6.12. The molecule has 0 saturated heterocycles. The van der Waals surface area contributed by atoms with Gasteiger partial charge in [-0.3, -0.25) is 4.98 Å². The molecular weight excluding hydrogens is 388 g/mol. The lowest BCUT2D eigenvalue weighted by Crippen LogP contribution is -2.29. The van der Waals surface area contributed by atoms with Gasteiger partial charge in [-0.05, 0) is 39.9 Å². The van der Waals surface area contributed by atoms with Gasteiger partial charge in [-0.1, -0.05) is 91.0 Å². The molecule has 32 heavy (non-hydrogen) atoms. The summed E-state index contributed by atoms with van der Waals surface area (Å²) in [5.41, 5.74) is 9.55. The number of fused-ring (bicyclic) bond motifs is 7. The Labute approximate surface area is 186 Å². The van der Waals surface area contributed by atoms with Crippen LogP contribution in [0.4, 0.5) is 0 Å². The molecule has 2 nitrogen and oxygen atoms in total. The molecule has 0 spiro atoms. The van der Waals surface area contributed by atoms with Gasteiger partial charge in [0.25, 0.3) is 0 Å². The van der Waals surface area contributed by atoms with Crippen LogP contribution in [-0.4, -0.2) is 9.97 Å². The van der Waals surface area contributed by atoms with Gasteiger partial charge in [0, 0.05) is 34.2 Å². The van der Waals surface area contributed by atoms with Crippen LogP contribution in [0.2, 0.25) is 0 Å². The Balaban J connectivity index is 1.75. The highest BCUT2D eigenvalue weighted by atomic mass is 14.7. The second-order valence-electron chi connectivity index (χ2n) is 8.48. The van der Waals surface area contributed by atoms with Crippen molar-refractivity contribution >= 4 is 21.8 Å². The zero-order valence-corrected chi connectivity index (χ0v) is 17.4. The monoisotopic (exact) mass is 408 g/mol. The Bertz CT molecular complexity index is 1570. The molecule has 0 aliphatic heterocycles. The number of hydrogen-bond donors (Lipinski definition) is 1. The molecule has 7 rings (SSSR count). The van der Waals surface area contributed by atoms with E-state index < -0.39 is 5.41 Å². The Morgan fingerprint density at radius 3 is 2.25 bits per heavy atom. The van der Waals surface area contributed by atoms with E-state index in [0.29, 0.717) is 0 Å². The minimum absolute atomic E-state index is 0.443. The summed E-state index contributed by atoms with van der Waals surface area (Å²) in [7, 11) is 0. The van der Waals surface area contributed by atoms with Gasteiger partial charge in [-0.25, -0.2) is 0 Å². The lowest BCUT2D eigenvalue weighted by molar-refractivity contribution is 0.768. The van der Waals surface area contributed by atoms with Gasteiger partial charge in [-0.15, -0.1) is 0 Å². The van der Waals surface area contributed by atoms with Crippen molar-refractivity contribution in [3.8, 4) is 11.1 Å². The van der Waals surface area contributed by atoms with Crippen LogP contribution in [0.15, 0.2) is 116 Å². The van der Waals surface area contributed by atoms with Crippen molar-refractivity contribution in [2.45, 2.75) is 5.41 Å². The topological polar surface area (TPSA) is 28.7 Å². The van der Waals surface area contributed by atoms with Gasteiger partial charge in [0.05, 0.1) is 10.9 Å². The molecule has 0 amide bonds. The fraction of sp³-hybridized carbons (Fsp3) is 0.0333. The van der Waals surface area contributed by atoms with Crippen LogP contribution in [-0.2, 0) is 5.41 Å². The second kappa shape index (κ2) is 6.41. The molecular formula is C30H20N2. The second-order valence-corrected chi connectivity index (χ2v) is 8.48. The van der Waals surface area contributed by atoms with Crippen molar-refractivity contribution < 1.29 is 0 Å². The number of nitrogens with one attached hydrogen (secondary N) is 1. The molecule has 2 heterocycles. The maximum absolute atomic E-state index is 4.56. The van der Waals surface area contributed by atoms with Crippen molar-refractivity contribution in [2.24, 2.45) is 0 Å². The van der Waals surface area contributed by atoms with Crippen molar-refractivity contribution in [3.05, 3.63) is 138 Å². The first-order chi connectivity index (χ1) is 15.9. The number of benzene rings is 4. The van der Waals surface area contributed by atoms with Crippen molar-refractivity contribution in [2.75, 3.05) is 0 Å². The maximum atomic E-state index is 4.56. The van der Waals surface area contributed by atoms with Gasteiger partial charge in [0.2, 0.25) is 0 Å². The van der Waals surface area contributed by atoms with Crippen LogP contribution in [0.5, 0.6) is 0 Å². The Hall–Kier alpha value is -4.17. The number of aromatic amines is 1. The standard InChI is InChI=1S/C30H20N2/c1-2-9-20(10-3-1)30(21-11-8-18-31-19-21)26-14-6-4-12-22(26)24-16-17-25-23-13-5-7-15-27(23)32-29(25)28(24)30/h1-19,32H/t30-/m0/s1. The average molecular weight is 409 g/mol. The number of pyridine rings is 1. The Morgan fingerprint density at radius 2 is 1.38 bits per heavy atom. The minimum atomic E-state index is -0.443. The van der Waals surface area contributed by atoms with Gasteiger partial charge in [0.1, 0.15) is 0 Å². The molecule has 6 aromatic rings. The van der Waals surface area contributed by atoms with E-state index in [2.05, 4.69) is 107 Å². The lowest BCUT2D eigenvalue weighted by Gasteiger charge is -2.33. The molecule has 2 aromatic heterocycles. The average Bonchev–Trinajstić information content (AvgIpc) is 3.39. The van der Waals surface area contributed by atoms with Crippen LogP contribution in [0.1, 0.15) is 22.3 Å². The molecule has 1 aliphatic rings. The summed E-state index contributed by atoms with van der Waals surface area (Å²) in [6, 6.07) is 37.1. The predicted molar refractivity (Wildman–Crippen MR) is 131 cm³/mol. The molecule has 0 fully saturated rings. The molecule has 2 heteroatoms. The molecule has 0 unspecified atom stereocenters. The van der Waals surface area contributed by atoms with Crippen LogP contribution in [0.3, 0.4) is 0 Å². The van der Waals surface area contributed by atoms with Gasteiger partial charge in [0.15, 0.2) is 0 Å². The van der Waals surface area contributed by atoms with Crippen molar-refractivity contribution in [3.63, 3.8) is 0 Å². The smallest absolute Gasteiger partial charge is 0.0749 e. The molecule has 150 valence electrons. The van der Waals surface area contributed by atoms with Gasteiger partial charge in [-0.2, -0.15) is 0 Å². The third kappa shape index (κ3) is 2.11. The lowest BCUT2D eigenvalue weighted by atomic mass is 9.68. The summed E-state index contributed by atoms with van der Waals surface area (Å²) in [5, 5.41) is 2.52. The third-order valence-corrected chi connectivity index (χ3v) is 6.98. The molecule has 1 N–H and O–H groups in total. The quantitative estimate of drug-likeness (QED) is 0.325. The van der Waals surface area contributed by atoms with Crippen LogP contribution in [0.25, 0.3) is 32.9 Å². The fourth-order valence-electron chi connectivity index (χ4n) is 5.75. The minimum Gasteiger partial charge on any atom is -0.354 e. The SMILES string of the molecule is c1ccc([C@]2(c3cccnc3)c3ccccc3-c3ccc4c([nH]c5ccccc54)c32)cc1. The first kappa shape index (κ1) is 17.5. The zero-order chi connectivity index (χ0) is 21.1. The van der Waals surface area contributed by atoms with E-state index in [1.807, 2.05) is 18.5 Å². The summed E-state index contributed by atoms with van der Waals surface area (Å²) < 4.78 is 0. The Morgan fingerprint density at radius 1 is 0.594 bits per heavy atom. The molecule has 1 aliphatic carbocycles. The van der Waals surface area contributed by atoms with E-state index in [-0.39, 0.29) is 0 Å². The summed E-state index contributed by atoms with van der Waals surface area (Å²) in [6.07, 6.45) is 3.88. The zero-order valence-electron chi connectivity index (χ0n) is 17.4. The first-order valence-electron chi connectivity index (χ1n) is 11.0. The molecule has 0 bridgehead atoms. The van der Waals surface area contributed by atoms with Crippen LogP contribution >= 0.6 is 0 Å². The summed E-state index contributed by atoms with van der Waals surface area (Å²) in [5.74, 6) is 0. The van der Waals surface area contributed by atoms with E-state index in [1.54, 1.807) is 0 Å². The molecule has 0 radical (unpaired) electrons. The summed E-state index contributed by atoms with van der Waals surface area (Å²) >= 11 is 0. The number of aromatic nitrogens is 2. The van der Waals surface area contributed by atoms with E-state index in [1.165, 1.54) is 55.2 Å². The Kier molecular flexibility index (Phi) is 3.51. The number of rotatable bonds is 2. The third-order valence-electron chi connectivity index (χ3n) is 6.98. The highest BCUT2D eigenvalue weighted by Crippen LogP contribution is 2.58. The van der Waals surface area contributed by atoms with E-state index >= 15 is 0 Å². The normalized spacial score (nSPS) is 16.9. The summed E-state index contributed by atoms with van der Waals surface area (Å²) in [4.78, 5) is 8.35. The maximum Gasteiger partial charge on any atom is 0.0749 e. The van der Waals surface area contributed by atoms with Crippen LogP contribution in [0, 0.1) is 0 Å². The van der Waals surface area contributed by atoms with Crippen molar-refractivity contribution in [1.82, 2.24) is 9.97 Å². The fourth-order valence-corrected chi connectivity index (χ4v) is 5.75. The van der Waals surface area contributed by atoms with E-state index in [4.69, 9.17) is 0 Å².